The zero-order chi connectivity index (χ0) is 14.7. The molecule has 0 aliphatic carbocycles. The zero-order valence-corrected chi connectivity index (χ0v) is 11.9. The van der Waals surface area contributed by atoms with Gasteiger partial charge in [-0.25, -0.2) is 9.07 Å². The predicted octanol–water partition coefficient (Wildman–Crippen LogP) is 3.08. The summed E-state index contributed by atoms with van der Waals surface area (Å²) in [6.07, 6.45) is 0.913. The highest BCUT2D eigenvalue weighted by Crippen LogP contribution is 2.29. The van der Waals surface area contributed by atoms with E-state index >= 15 is 0 Å². The number of halogens is 1. The van der Waals surface area contributed by atoms with Crippen molar-refractivity contribution in [1.29, 1.82) is 0 Å². The number of benzene rings is 1. The quantitative estimate of drug-likeness (QED) is 0.882. The van der Waals surface area contributed by atoms with Gasteiger partial charge in [0.05, 0.1) is 24.2 Å². The lowest BCUT2D eigenvalue weighted by atomic mass is 10.2. The summed E-state index contributed by atoms with van der Waals surface area (Å²) in [7, 11) is 1.54. The molecule has 1 aromatic heterocycles. The minimum atomic E-state index is -0.368. The molecule has 20 heavy (non-hydrogen) atoms. The van der Waals surface area contributed by atoms with Crippen LogP contribution in [0.2, 0.25) is 0 Å². The minimum absolute atomic E-state index is 0.313. The normalized spacial score (nSPS) is 10.6. The number of ether oxygens (including phenoxy) is 1. The van der Waals surface area contributed by atoms with Crippen LogP contribution in [-0.2, 0) is 6.54 Å². The molecule has 0 unspecified atom stereocenters. The first-order chi connectivity index (χ1) is 9.56. The van der Waals surface area contributed by atoms with Gasteiger partial charge in [-0.2, -0.15) is 5.10 Å². The number of anilines is 3. The highest BCUT2D eigenvalue weighted by Gasteiger charge is 2.14. The van der Waals surface area contributed by atoms with Gasteiger partial charge in [-0.05, 0) is 25.5 Å². The highest BCUT2D eigenvalue weighted by atomic mass is 19.1. The molecular formula is C14H19FN4O. The molecule has 1 heterocycles. The fourth-order valence-corrected chi connectivity index (χ4v) is 1.96. The Balaban J connectivity index is 2.38. The number of nitrogens with one attached hydrogen (secondary N) is 1. The Morgan fingerprint density at radius 2 is 2.20 bits per heavy atom. The molecule has 0 fully saturated rings. The zero-order valence-electron chi connectivity index (χ0n) is 11.9. The summed E-state index contributed by atoms with van der Waals surface area (Å²) in [4.78, 5) is 0. The Morgan fingerprint density at radius 1 is 1.45 bits per heavy atom. The van der Waals surface area contributed by atoms with Crippen molar-refractivity contribution >= 4 is 17.2 Å². The third kappa shape index (κ3) is 2.68. The van der Waals surface area contributed by atoms with Crippen molar-refractivity contribution in [1.82, 2.24) is 9.78 Å². The van der Waals surface area contributed by atoms with Crippen LogP contribution in [0.1, 0.15) is 19.0 Å². The molecule has 2 aromatic rings. The summed E-state index contributed by atoms with van der Waals surface area (Å²) >= 11 is 0. The Kier molecular flexibility index (Phi) is 4.12. The molecule has 0 bridgehead atoms. The second-order valence-electron chi connectivity index (χ2n) is 4.54. The molecule has 0 amide bonds. The molecular weight excluding hydrogens is 259 g/mol. The number of hydrogen-bond acceptors (Lipinski definition) is 4. The van der Waals surface area contributed by atoms with Crippen molar-refractivity contribution in [2.75, 3.05) is 18.2 Å². The van der Waals surface area contributed by atoms with Crippen LogP contribution < -0.4 is 15.8 Å². The van der Waals surface area contributed by atoms with Gasteiger partial charge in [-0.3, -0.25) is 0 Å². The molecule has 5 nitrogen and oxygen atoms in total. The van der Waals surface area contributed by atoms with Crippen molar-refractivity contribution in [3.8, 4) is 5.75 Å². The van der Waals surface area contributed by atoms with E-state index in [0.29, 0.717) is 29.5 Å². The van der Waals surface area contributed by atoms with E-state index in [-0.39, 0.29) is 5.82 Å². The molecule has 0 spiro atoms. The summed E-state index contributed by atoms with van der Waals surface area (Å²) in [5, 5.41) is 7.35. The van der Waals surface area contributed by atoms with Crippen LogP contribution in [0.15, 0.2) is 18.2 Å². The predicted molar refractivity (Wildman–Crippen MR) is 77.9 cm³/mol. The largest absolute Gasteiger partial charge is 0.497 e. The van der Waals surface area contributed by atoms with Crippen LogP contribution in [0.4, 0.5) is 21.6 Å². The van der Waals surface area contributed by atoms with E-state index in [1.807, 2.05) is 13.8 Å². The van der Waals surface area contributed by atoms with Crippen LogP contribution in [0.25, 0.3) is 0 Å². The van der Waals surface area contributed by atoms with Gasteiger partial charge in [0, 0.05) is 12.6 Å². The SMILES string of the molecule is CCCn1nc(C)c(N)c1Nc1cc(OC)ccc1F. The van der Waals surface area contributed by atoms with E-state index in [9.17, 15) is 4.39 Å². The first-order valence-corrected chi connectivity index (χ1v) is 6.50. The maximum atomic E-state index is 13.9. The summed E-state index contributed by atoms with van der Waals surface area (Å²) in [5.41, 5.74) is 7.57. The van der Waals surface area contributed by atoms with Gasteiger partial charge < -0.3 is 15.8 Å². The van der Waals surface area contributed by atoms with Crippen LogP contribution in [0.5, 0.6) is 5.75 Å². The van der Waals surface area contributed by atoms with E-state index in [0.717, 1.165) is 12.1 Å². The average molecular weight is 278 g/mol. The third-order valence-electron chi connectivity index (χ3n) is 3.04. The molecule has 0 saturated carbocycles. The fraction of sp³-hybridized carbons (Fsp3) is 0.357. The monoisotopic (exact) mass is 278 g/mol. The number of hydrogen-bond donors (Lipinski definition) is 2. The fourth-order valence-electron chi connectivity index (χ4n) is 1.96. The summed E-state index contributed by atoms with van der Waals surface area (Å²) in [6, 6.07) is 4.51. The second kappa shape index (κ2) is 5.81. The van der Waals surface area contributed by atoms with Gasteiger partial charge in [-0.1, -0.05) is 6.92 Å². The van der Waals surface area contributed by atoms with Gasteiger partial charge in [0.25, 0.3) is 0 Å². The third-order valence-corrected chi connectivity index (χ3v) is 3.04. The number of methoxy groups -OCH3 is 1. The smallest absolute Gasteiger partial charge is 0.152 e. The molecule has 108 valence electrons. The standard InChI is InChI=1S/C14H19FN4O/c1-4-7-19-14(13(16)9(2)18-19)17-12-8-10(20-3)5-6-11(12)15/h5-6,8,17H,4,7,16H2,1-3H3. The lowest BCUT2D eigenvalue weighted by Gasteiger charge is -2.12. The van der Waals surface area contributed by atoms with E-state index in [1.165, 1.54) is 13.2 Å². The number of aromatic nitrogens is 2. The Bertz CT molecular complexity index is 609. The molecule has 6 heteroatoms. The Labute approximate surface area is 117 Å². The van der Waals surface area contributed by atoms with Crippen LogP contribution in [0.3, 0.4) is 0 Å². The van der Waals surface area contributed by atoms with Crippen molar-refractivity contribution in [2.24, 2.45) is 0 Å². The van der Waals surface area contributed by atoms with Crippen LogP contribution >= 0.6 is 0 Å². The average Bonchev–Trinajstić information content (AvgIpc) is 2.69. The van der Waals surface area contributed by atoms with Crippen molar-refractivity contribution < 1.29 is 9.13 Å². The minimum Gasteiger partial charge on any atom is -0.497 e. The summed E-state index contributed by atoms with van der Waals surface area (Å²) < 4.78 is 20.7. The van der Waals surface area contributed by atoms with E-state index in [4.69, 9.17) is 10.5 Å². The lowest BCUT2D eigenvalue weighted by Crippen LogP contribution is -2.06. The first-order valence-electron chi connectivity index (χ1n) is 6.50. The number of nitrogens with two attached hydrogens (primary N) is 1. The molecule has 2 rings (SSSR count). The van der Waals surface area contributed by atoms with Crippen LogP contribution in [0, 0.1) is 12.7 Å². The van der Waals surface area contributed by atoms with Gasteiger partial charge >= 0.3 is 0 Å². The van der Waals surface area contributed by atoms with Gasteiger partial charge in [0.15, 0.2) is 5.82 Å². The Morgan fingerprint density at radius 3 is 2.85 bits per heavy atom. The van der Waals surface area contributed by atoms with Crippen molar-refractivity contribution in [2.45, 2.75) is 26.8 Å². The molecule has 0 radical (unpaired) electrons. The Hall–Kier alpha value is -2.24. The summed E-state index contributed by atoms with van der Waals surface area (Å²) in [5.74, 6) is 0.814. The van der Waals surface area contributed by atoms with Gasteiger partial charge in [0.1, 0.15) is 11.6 Å². The maximum absolute atomic E-state index is 13.9. The molecule has 0 saturated heterocycles. The first kappa shape index (κ1) is 14.2. The maximum Gasteiger partial charge on any atom is 0.152 e. The van der Waals surface area contributed by atoms with Gasteiger partial charge in [0.2, 0.25) is 0 Å². The van der Waals surface area contributed by atoms with E-state index in [2.05, 4.69) is 10.4 Å². The van der Waals surface area contributed by atoms with Crippen molar-refractivity contribution in [3.05, 3.63) is 29.7 Å². The number of rotatable bonds is 5. The molecule has 0 aliphatic rings. The summed E-state index contributed by atoms with van der Waals surface area (Å²) in [6.45, 7) is 4.59. The topological polar surface area (TPSA) is 65.1 Å². The number of nitrogen functional groups attached to an aromatic ring is 1. The lowest BCUT2D eigenvalue weighted by molar-refractivity contribution is 0.414. The number of aryl methyl sites for hydroxylation is 2. The molecule has 3 N–H and O–H groups in total. The highest BCUT2D eigenvalue weighted by molar-refractivity contribution is 5.72. The second-order valence-corrected chi connectivity index (χ2v) is 4.54. The van der Waals surface area contributed by atoms with Crippen molar-refractivity contribution in [3.63, 3.8) is 0 Å². The van der Waals surface area contributed by atoms with E-state index < -0.39 is 0 Å². The van der Waals surface area contributed by atoms with Crippen LogP contribution in [-0.4, -0.2) is 16.9 Å². The molecule has 0 atom stereocenters. The van der Waals surface area contributed by atoms with E-state index in [1.54, 1.807) is 16.8 Å². The molecule has 0 aliphatic heterocycles. The number of nitrogens with zero attached hydrogens (tertiary/aromatic N) is 2. The molecule has 1 aromatic carbocycles. The van der Waals surface area contributed by atoms with Gasteiger partial charge in [-0.15, -0.1) is 0 Å².